The Kier molecular flexibility index (Phi) is 3.44. The highest BCUT2D eigenvalue weighted by Crippen LogP contribution is 2.29. The van der Waals surface area contributed by atoms with Crippen LogP contribution in [0.15, 0.2) is 45.9 Å². The fourth-order valence-electron chi connectivity index (χ4n) is 2.70. The number of hydrogen-bond acceptors (Lipinski definition) is 6. The first-order valence-corrected chi connectivity index (χ1v) is 7.30. The van der Waals surface area contributed by atoms with Crippen LogP contribution in [0, 0.1) is 0 Å². The van der Waals surface area contributed by atoms with E-state index < -0.39 is 0 Å². The molecule has 4 rings (SSSR count). The minimum atomic E-state index is 0.426. The van der Waals surface area contributed by atoms with Crippen molar-refractivity contribution in [3.05, 3.63) is 42.5 Å². The molecule has 0 radical (unpaired) electrons. The number of benzene rings is 1. The smallest absolute Gasteiger partial charge is 0.258 e. The zero-order valence-electron chi connectivity index (χ0n) is 11.9. The van der Waals surface area contributed by atoms with Gasteiger partial charge < -0.3 is 13.7 Å². The van der Waals surface area contributed by atoms with Crippen molar-refractivity contribution < 1.29 is 13.7 Å². The third-order valence-corrected chi connectivity index (χ3v) is 3.85. The molecule has 1 aliphatic rings. The molecule has 0 bridgehead atoms. The number of nitrogens with zero attached hydrogens (tertiary/aromatic N) is 3. The number of rotatable bonds is 3. The van der Waals surface area contributed by atoms with Gasteiger partial charge in [0.1, 0.15) is 12.0 Å². The molecule has 1 atom stereocenters. The Balaban J connectivity index is 1.62. The fourth-order valence-corrected chi connectivity index (χ4v) is 2.70. The number of ether oxygens (including phenoxy) is 1. The van der Waals surface area contributed by atoms with E-state index in [1.807, 2.05) is 12.1 Å². The highest BCUT2D eigenvalue weighted by atomic mass is 16.5. The quantitative estimate of drug-likeness (QED) is 0.738. The predicted molar refractivity (Wildman–Crippen MR) is 78.0 cm³/mol. The van der Waals surface area contributed by atoms with Crippen LogP contribution in [-0.2, 0) is 4.74 Å². The van der Waals surface area contributed by atoms with Gasteiger partial charge in [0.2, 0.25) is 5.82 Å². The van der Waals surface area contributed by atoms with E-state index in [4.69, 9.17) is 13.7 Å². The summed E-state index contributed by atoms with van der Waals surface area (Å²) in [6, 6.07) is 8.20. The average molecular weight is 297 g/mol. The molecule has 1 aromatic carbocycles. The summed E-state index contributed by atoms with van der Waals surface area (Å²) in [7, 11) is 0. The standard InChI is InChI=1S/C16H15N3O3/c1-3-11(13-5-2-6-20-8-13)7-12(4-1)16-18-15(19-22-16)14-9-21-10-17-14/h1,3-4,7,9-10,13H,2,5-6,8H2/t13-/m0/s1. The molecule has 3 heterocycles. The molecule has 112 valence electrons. The lowest BCUT2D eigenvalue weighted by molar-refractivity contribution is 0.0804. The molecule has 0 saturated carbocycles. The van der Waals surface area contributed by atoms with Crippen LogP contribution >= 0.6 is 0 Å². The predicted octanol–water partition coefficient (Wildman–Crippen LogP) is 3.29. The maximum absolute atomic E-state index is 5.57. The van der Waals surface area contributed by atoms with Gasteiger partial charge in [-0.15, -0.1) is 0 Å². The Morgan fingerprint density at radius 3 is 3.05 bits per heavy atom. The summed E-state index contributed by atoms with van der Waals surface area (Å²) in [4.78, 5) is 8.39. The van der Waals surface area contributed by atoms with Crippen LogP contribution in [0.3, 0.4) is 0 Å². The van der Waals surface area contributed by atoms with Gasteiger partial charge in [0, 0.05) is 18.1 Å². The zero-order valence-corrected chi connectivity index (χ0v) is 11.9. The lowest BCUT2D eigenvalue weighted by Crippen LogP contribution is -2.15. The van der Waals surface area contributed by atoms with Gasteiger partial charge in [-0.05, 0) is 30.5 Å². The van der Waals surface area contributed by atoms with Crippen molar-refractivity contribution in [1.29, 1.82) is 0 Å². The molecule has 6 heteroatoms. The first kappa shape index (κ1) is 13.2. The third-order valence-electron chi connectivity index (χ3n) is 3.85. The van der Waals surface area contributed by atoms with Crippen LogP contribution in [-0.4, -0.2) is 28.3 Å². The molecule has 0 unspecified atom stereocenters. The minimum absolute atomic E-state index is 0.426. The third kappa shape index (κ3) is 2.53. The first-order chi connectivity index (χ1) is 10.9. The van der Waals surface area contributed by atoms with Gasteiger partial charge in [-0.3, -0.25) is 0 Å². The van der Waals surface area contributed by atoms with Gasteiger partial charge >= 0.3 is 0 Å². The Labute approximate surface area is 127 Å². The highest BCUT2D eigenvalue weighted by Gasteiger charge is 2.18. The summed E-state index contributed by atoms with van der Waals surface area (Å²) < 4.78 is 15.8. The van der Waals surface area contributed by atoms with Gasteiger partial charge in [0.05, 0.1) is 6.61 Å². The monoisotopic (exact) mass is 297 g/mol. The Morgan fingerprint density at radius 1 is 1.23 bits per heavy atom. The summed E-state index contributed by atoms with van der Waals surface area (Å²) in [5.74, 6) is 1.35. The molecular formula is C16H15N3O3. The molecule has 1 aliphatic heterocycles. The van der Waals surface area contributed by atoms with Crippen molar-refractivity contribution in [2.24, 2.45) is 0 Å². The second-order valence-corrected chi connectivity index (χ2v) is 5.34. The van der Waals surface area contributed by atoms with E-state index in [0.717, 1.165) is 31.6 Å². The molecule has 0 N–H and O–H groups in total. The van der Waals surface area contributed by atoms with Crippen molar-refractivity contribution in [3.8, 4) is 23.0 Å². The van der Waals surface area contributed by atoms with E-state index in [0.29, 0.717) is 23.3 Å². The lowest BCUT2D eigenvalue weighted by atomic mass is 9.92. The SMILES string of the molecule is c1cc(-c2nc(-c3cocn3)no2)cc([C@H]2CCCOC2)c1. The summed E-state index contributed by atoms with van der Waals surface area (Å²) in [5.41, 5.74) is 2.72. The number of hydrogen-bond donors (Lipinski definition) is 0. The molecule has 0 spiro atoms. The largest absolute Gasteiger partial charge is 0.451 e. The first-order valence-electron chi connectivity index (χ1n) is 7.30. The van der Waals surface area contributed by atoms with Crippen LogP contribution in [0.25, 0.3) is 23.0 Å². The summed E-state index contributed by atoms with van der Waals surface area (Å²) in [6.07, 6.45) is 5.09. The van der Waals surface area contributed by atoms with Crippen LogP contribution in [0.4, 0.5) is 0 Å². The van der Waals surface area contributed by atoms with E-state index in [9.17, 15) is 0 Å². The van der Waals surface area contributed by atoms with E-state index in [-0.39, 0.29) is 0 Å². The van der Waals surface area contributed by atoms with Gasteiger partial charge in [-0.2, -0.15) is 4.98 Å². The minimum Gasteiger partial charge on any atom is -0.451 e. The molecule has 1 saturated heterocycles. The summed E-state index contributed by atoms with van der Waals surface area (Å²) in [6.45, 7) is 1.64. The molecule has 2 aromatic heterocycles. The maximum Gasteiger partial charge on any atom is 0.258 e. The highest BCUT2D eigenvalue weighted by molar-refractivity contribution is 5.57. The Morgan fingerprint density at radius 2 is 2.23 bits per heavy atom. The van der Waals surface area contributed by atoms with Crippen molar-refractivity contribution in [1.82, 2.24) is 15.1 Å². The van der Waals surface area contributed by atoms with Gasteiger partial charge in [-0.1, -0.05) is 17.3 Å². The maximum atomic E-state index is 5.57. The van der Waals surface area contributed by atoms with Crippen molar-refractivity contribution in [2.45, 2.75) is 18.8 Å². The topological polar surface area (TPSA) is 74.2 Å². The van der Waals surface area contributed by atoms with Gasteiger partial charge in [-0.25, -0.2) is 4.98 Å². The Bertz CT molecular complexity index is 746. The van der Waals surface area contributed by atoms with E-state index >= 15 is 0 Å². The molecule has 3 aromatic rings. The van der Waals surface area contributed by atoms with Crippen molar-refractivity contribution in [3.63, 3.8) is 0 Å². The van der Waals surface area contributed by atoms with Crippen LogP contribution < -0.4 is 0 Å². The average Bonchev–Trinajstić information content (AvgIpc) is 3.27. The van der Waals surface area contributed by atoms with E-state index in [2.05, 4.69) is 27.3 Å². The summed E-state index contributed by atoms with van der Waals surface area (Å²) >= 11 is 0. The second-order valence-electron chi connectivity index (χ2n) is 5.34. The van der Waals surface area contributed by atoms with Crippen LogP contribution in [0.2, 0.25) is 0 Å². The van der Waals surface area contributed by atoms with Crippen LogP contribution in [0.1, 0.15) is 24.3 Å². The summed E-state index contributed by atoms with van der Waals surface area (Å²) in [5, 5.41) is 3.94. The van der Waals surface area contributed by atoms with Crippen molar-refractivity contribution in [2.75, 3.05) is 13.2 Å². The zero-order chi connectivity index (χ0) is 14.8. The molecular weight excluding hydrogens is 282 g/mol. The molecule has 1 fully saturated rings. The van der Waals surface area contributed by atoms with E-state index in [1.165, 1.54) is 18.2 Å². The molecule has 22 heavy (non-hydrogen) atoms. The Hall–Kier alpha value is -2.47. The van der Waals surface area contributed by atoms with Gasteiger partial charge in [0.25, 0.3) is 5.89 Å². The van der Waals surface area contributed by atoms with E-state index in [1.54, 1.807) is 0 Å². The molecule has 0 aliphatic carbocycles. The normalized spacial score (nSPS) is 18.5. The second kappa shape index (κ2) is 5.73. The number of aromatic nitrogens is 3. The number of oxazole rings is 1. The van der Waals surface area contributed by atoms with Crippen molar-refractivity contribution >= 4 is 0 Å². The van der Waals surface area contributed by atoms with Gasteiger partial charge in [0.15, 0.2) is 6.39 Å². The lowest BCUT2D eigenvalue weighted by Gasteiger charge is -2.22. The van der Waals surface area contributed by atoms with Crippen LogP contribution in [0.5, 0.6) is 0 Å². The molecule has 0 amide bonds. The molecule has 6 nitrogen and oxygen atoms in total. The fraction of sp³-hybridized carbons (Fsp3) is 0.312.